The minimum absolute atomic E-state index is 0.128. The third-order valence-corrected chi connectivity index (χ3v) is 6.33. The zero-order chi connectivity index (χ0) is 22.2. The normalized spacial score (nSPS) is 18.9. The maximum Gasteiger partial charge on any atom is 0.290 e. The van der Waals surface area contributed by atoms with E-state index in [1.165, 1.54) is 0 Å². The van der Waals surface area contributed by atoms with Gasteiger partial charge in [0.2, 0.25) is 5.76 Å². The summed E-state index contributed by atoms with van der Waals surface area (Å²) in [7, 11) is 1.55. The van der Waals surface area contributed by atoms with E-state index >= 15 is 0 Å². The average molecular weight is 434 g/mol. The van der Waals surface area contributed by atoms with Crippen LogP contribution in [-0.4, -0.2) is 62.2 Å². The number of carbonyl (C=O) groups is 1. The fourth-order valence-corrected chi connectivity index (χ4v) is 4.53. The van der Waals surface area contributed by atoms with Gasteiger partial charge in [-0.2, -0.15) is 0 Å². The largest absolute Gasteiger partial charge is 0.497 e. The summed E-state index contributed by atoms with van der Waals surface area (Å²) in [6.07, 6.45) is 0. The van der Waals surface area contributed by atoms with Crippen LogP contribution in [0.2, 0.25) is 0 Å². The van der Waals surface area contributed by atoms with Gasteiger partial charge in [0, 0.05) is 32.2 Å². The van der Waals surface area contributed by atoms with Crippen LogP contribution in [0.1, 0.15) is 33.3 Å². The summed E-state index contributed by atoms with van der Waals surface area (Å²) >= 11 is 0. The van der Waals surface area contributed by atoms with Gasteiger partial charge in [0.1, 0.15) is 11.3 Å². The van der Waals surface area contributed by atoms with Crippen LogP contribution in [0.15, 0.2) is 51.7 Å². The number of aryl methyl sites for hydroxylation is 1. The van der Waals surface area contributed by atoms with E-state index in [4.69, 9.17) is 13.9 Å². The number of ether oxygens (including phenoxy) is 2. The summed E-state index contributed by atoms with van der Waals surface area (Å²) < 4.78 is 16.7. The second-order valence-corrected chi connectivity index (χ2v) is 8.30. The summed E-state index contributed by atoms with van der Waals surface area (Å²) in [6.45, 7) is 6.30. The first-order valence-electron chi connectivity index (χ1n) is 10.9. The molecule has 0 spiro atoms. The van der Waals surface area contributed by atoms with Crippen LogP contribution in [-0.2, 0) is 4.74 Å². The third-order valence-electron chi connectivity index (χ3n) is 6.33. The summed E-state index contributed by atoms with van der Waals surface area (Å²) in [5, 5.41) is 0.449. The van der Waals surface area contributed by atoms with Crippen molar-refractivity contribution in [3.05, 3.63) is 75.1 Å². The molecule has 1 atom stereocenters. The van der Waals surface area contributed by atoms with Crippen LogP contribution in [0.5, 0.6) is 5.75 Å². The molecule has 2 aromatic carbocycles. The van der Waals surface area contributed by atoms with Crippen LogP contribution < -0.4 is 10.2 Å². The molecule has 166 valence electrons. The molecule has 32 heavy (non-hydrogen) atoms. The first-order valence-corrected chi connectivity index (χ1v) is 10.9. The molecule has 0 aliphatic carbocycles. The Morgan fingerprint density at radius 1 is 1.03 bits per heavy atom. The van der Waals surface area contributed by atoms with Crippen molar-refractivity contribution in [2.75, 3.05) is 46.5 Å². The van der Waals surface area contributed by atoms with Crippen LogP contribution in [0.3, 0.4) is 0 Å². The lowest BCUT2D eigenvalue weighted by Crippen LogP contribution is -2.42. The summed E-state index contributed by atoms with van der Waals surface area (Å²) in [6, 6.07) is 12.6. The molecular weight excluding hydrogens is 408 g/mol. The van der Waals surface area contributed by atoms with Crippen molar-refractivity contribution in [3.8, 4) is 5.75 Å². The van der Waals surface area contributed by atoms with Crippen LogP contribution in [0.4, 0.5) is 0 Å². The molecule has 1 saturated heterocycles. The number of hydrogen-bond donors (Lipinski definition) is 0. The molecule has 0 saturated carbocycles. The van der Waals surface area contributed by atoms with Gasteiger partial charge < -0.3 is 18.8 Å². The van der Waals surface area contributed by atoms with E-state index < -0.39 is 6.04 Å². The van der Waals surface area contributed by atoms with Gasteiger partial charge in [-0.3, -0.25) is 14.5 Å². The molecule has 3 heterocycles. The lowest BCUT2D eigenvalue weighted by atomic mass is 9.97. The molecular formula is C25H26N2O5. The molecule has 2 aliphatic rings. The third kappa shape index (κ3) is 3.57. The predicted octanol–water partition coefficient (Wildman–Crippen LogP) is 2.99. The Balaban J connectivity index is 1.60. The highest BCUT2D eigenvalue weighted by Gasteiger charge is 2.42. The lowest BCUT2D eigenvalue weighted by molar-refractivity contribution is 0.0314. The SMILES string of the molecule is COc1ccc2c(=O)c3c(oc2c1)C(=O)N(CCN1CCOCC1)[C@@H]3c1ccc(C)cc1. The van der Waals surface area contributed by atoms with E-state index in [9.17, 15) is 9.59 Å². The van der Waals surface area contributed by atoms with Crippen molar-refractivity contribution in [2.24, 2.45) is 0 Å². The van der Waals surface area contributed by atoms with Crippen molar-refractivity contribution in [3.63, 3.8) is 0 Å². The van der Waals surface area contributed by atoms with Crippen molar-refractivity contribution in [2.45, 2.75) is 13.0 Å². The molecule has 0 bridgehead atoms. The molecule has 1 amide bonds. The molecule has 0 unspecified atom stereocenters. The van der Waals surface area contributed by atoms with Crippen molar-refractivity contribution < 1.29 is 18.7 Å². The maximum absolute atomic E-state index is 13.6. The number of amides is 1. The Hall–Kier alpha value is -3.16. The van der Waals surface area contributed by atoms with Crippen LogP contribution in [0, 0.1) is 6.92 Å². The summed E-state index contributed by atoms with van der Waals surface area (Å²) in [5.74, 6) is 0.453. The Labute approximate surface area is 186 Å². The fraction of sp³-hybridized carbons (Fsp3) is 0.360. The number of rotatable bonds is 5. The highest BCUT2D eigenvalue weighted by atomic mass is 16.5. The van der Waals surface area contributed by atoms with E-state index in [2.05, 4.69) is 4.90 Å². The number of morpholine rings is 1. The van der Waals surface area contributed by atoms with Gasteiger partial charge >= 0.3 is 0 Å². The first kappa shape index (κ1) is 20.7. The molecule has 0 N–H and O–H groups in total. The van der Waals surface area contributed by atoms with E-state index in [0.29, 0.717) is 48.6 Å². The van der Waals surface area contributed by atoms with Crippen molar-refractivity contribution in [1.29, 1.82) is 0 Å². The minimum Gasteiger partial charge on any atom is -0.497 e. The second kappa shape index (κ2) is 8.41. The topological polar surface area (TPSA) is 72.2 Å². The lowest BCUT2D eigenvalue weighted by Gasteiger charge is -2.31. The Morgan fingerprint density at radius 3 is 2.50 bits per heavy atom. The monoisotopic (exact) mass is 434 g/mol. The van der Waals surface area contributed by atoms with Crippen molar-refractivity contribution >= 4 is 16.9 Å². The maximum atomic E-state index is 13.6. The van der Waals surface area contributed by atoms with E-state index in [1.807, 2.05) is 31.2 Å². The van der Waals surface area contributed by atoms with Gasteiger partial charge in [-0.1, -0.05) is 29.8 Å². The van der Waals surface area contributed by atoms with Crippen molar-refractivity contribution in [1.82, 2.24) is 9.80 Å². The number of methoxy groups -OCH3 is 1. The number of fused-ring (bicyclic) bond motifs is 2. The molecule has 0 radical (unpaired) electrons. The Bertz CT molecular complexity index is 1210. The van der Waals surface area contributed by atoms with Gasteiger partial charge in [-0.15, -0.1) is 0 Å². The Kier molecular flexibility index (Phi) is 5.45. The summed E-state index contributed by atoms with van der Waals surface area (Å²) in [5.41, 5.74) is 2.63. The van der Waals surface area contributed by atoms with Gasteiger partial charge in [0.05, 0.1) is 37.3 Å². The highest BCUT2D eigenvalue weighted by molar-refractivity contribution is 5.99. The molecule has 2 aliphatic heterocycles. The fourth-order valence-electron chi connectivity index (χ4n) is 4.53. The minimum atomic E-state index is -0.470. The molecule has 3 aromatic rings. The van der Waals surface area contributed by atoms with Gasteiger partial charge in [-0.05, 0) is 24.6 Å². The molecule has 1 aromatic heterocycles. The zero-order valence-corrected chi connectivity index (χ0v) is 18.3. The predicted molar refractivity (Wildman–Crippen MR) is 120 cm³/mol. The number of nitrogens with zero attached hydrogens (tertiary/aromatic N) is 2. The highest BCUT2D eigenvalue weighted by Crippen LogP contribution is 2.38. The summed E-state index contributed by atoms with van der Waals surface area (Å²) in [4.78, 5) is 31.1. The Morgan fingerprint density at radius 2 is 1.78 bits per heavy atom. The van der Waals surface area contributed by atoms with Gasteiger partial charge in [0.15, 0.2) is 5.43 Å². The van der Waals surface area contributed by atoms with Crippen LogP contribution in [0.25, 0.3) is 11.0 Å². The molecule has 5 rings (SSSR count). The average Bonchev–Trinajstić information content (AvgIpc) is 3.10. The second-order valence-electron chi connectivity index (χ2n) is 8.30. The van der Waals surface area contributed by atoms with E-state index in [-0.39, 0.29) is 17.1 Å². The van der Waals surface area contributed by atoms with E-state index in [1.54, 1.807) is 30.2 Å². The number of carbonyl (C=O) groups excluding carboxylic acids is 1. The molecule has 7 nitrogen and oxygen atoms in total. The smallest absolute Gasteiger partial charge is 0.290 e. The zero-order valence-electron chi connectivity index (χ0n) is 18.3. The number of hydrogen-bond acceptors (Lipinski definition) is 6. The van der Waals surface area contributed by atoms with Gasteiger partial charge in [-0.25, -0.2) is 0 Å². The molecule has 7 heteroatoms. The van der Waals surface area contributed by atoms with E-state index in [0.717, 1.165) is 24.2 Å². The first-order chi connectivity index (χ1) is 15.6. The van der Waals surface area contributed by atoms with Crippen LogP contribution >= 0.6 is 0 Å². The quantitative estimate of drug-likeness (QED) is 0.615. The molecule has 1 fully saturated rings. The number of benzene rings is 2. The standard InChI is InChI=1S/C25H26N2O5/c1-16-3-5-17(6-4-16)22-21-23(28)19-8-7-18(30-2)15-20(19)32-24(21)25(29)27(22)10-9-26-11-13-31-14-12-26/h3-8,15,22H,9-14H2,1-2H3/t22-/m1/s1. The van der Waals surface area contributed by atoms with Gasteiger partial charge in [0.25, 0.3) is 5.91 Å².